The summed E-state index contributed by atoms with van der Waals surface area (Å²) in [5.41, 5.74) is 7.28. The highest BCUT2D eigenvalue weighted by Crippen LogP contribution is 2.30. The summed E-state index contributed by atoms with van der Waals surface area (Å²) in [5, 5.41) is 10.4. The number of thiazole rings is 1. The van der Waals surface area contributed by atoms with Crippen molar-refractivity contribution in [1.82, 2.24) is 4.98 Å². The van der Waals surface area contributed by atoms with Gasteiger partial charge in [0.05, 0.1) is 10.2 Å². The molecule has 18 heavy (non-hydrogen) atoms. The van der Waals surface area contributed by atoms with Crippen LogP contribution in [0.25, 0.3) is 10.2 Å². The topological polar surface area (TPSA) is 88.6 Å². The Morgan fingerprint density at radius 1 is 1.50 bits per heavy atom. The minimum atomic E-state index is -0.886. The van der Waals surface area contributed by atoms with E-state index in [0.29, 0.717) is 16.5 Å². The molecule has 0 aliphatic carbocycles. The van der Waals surface area contributed by atoms with Crippen LogP contribution in [0.15, 0.2) is 23.2 Å². The summed E-state index contributed by atoms with van der Waals surface area (Å²) >= 11 is 2.92. The van der Waals surface area contributed by atoms with Crippen LogP contribution in [0.5, 0.6) is 0 Å². The molecule has 1 atom stereocenters. The highest BCUT2D eigenvalue weighted by molar-refractivity contribution is 8.15. The van der Waals surface area contributed by atoms with E-state index < -0.39 is 12.0 Å². The van der Waals surface area contributed by atoms with Crippen LogP contribution < -0.4 is 5.73 Å². The molecule has 3 N–H and O–H groups in total. The van der Waals surface area contributed by atoms with Gasteiger partial charge in [-0.05, 0) is 18.2 Å². The predicted molar refractivity (Wildman–Crippen MR) is 74.5 cm³/mol. The summed E-state index contributed by atoms with van der Waals surface area (Å²) in [6.45, 7) is 0. The van der Waals surface area contributed by atoms with Crippen molar-refractivity contribution in [2.24, 2.45) is 4.99 Å². The summed E-state index contributed by atoms with van der Waals surface area (Å²) in [5.74, 6) is -0.411. The summed E-state index contributed by atoms with van der Waals surface area (Å²) in [6.07, 6.45) is 0. The Labute approximate surface area is 111 Å². The zero-order valence-corrected chi connectivity index (χ0v) is 10.8. The highest BCUT2D eigenvalue weighted by atomic mass is 32.2. The summed E-state index contributed by atoms with van der Waals surface area (Å²) in [4.78, 5) is 19.5. The number of carbonyl (C=O) groups is 1. The Kier molecular flexibility index (Phi) is 2.71. The molecular weight excluding hydrogens is 270 g/mol. The van der Waals surface area contributed by atoms with Gasteiger partial charge in [0.15, 0.2) is 6.04 Å². The van der Waals surface area contributed by atoms with Crippen molar-refractivity contribution < 1.29 is 9.90 Å². The van der Waals surface area contributed by atoms with Crippen LogP contribution in [-0.4, -0.2) is 32.9 Å². The molecule has 5 nitrogen and oxygen atoms in total. The van der Waals surface area contributed by atoms with E-state index >= 15 is 0 Å². The quantitative estimate of drug-likeness (QED) is 0.819. The van der Waals surface area contributed by atoms with Gasteiger partial charge in [-0.3, -0.25) is 4.99 Å². The Morgan fingerprint density at radius 2 is 2.33 bits per heavy atom. The number of anilines is 1. The van der Waals surface area contributed by atoms with E-state index in [1.54, 1.807) is 6.07 Å². The van der Waals surface area contributed by atoms with Crippen molar-refractivity contribution in [2.45, 2.75) is 6.04 Å². The number of carboxylic acid groups (broad SMARTS) is 1. The van der Waals surface area contributed by atoms with Crippen LogP contribution in [0, 0.1) is 0 Å². The van der Waals surface area contributed by atoms with Gasteiger partial charge in [-0.2, -0.15) is 0 Å². The van der Waals surface area contributed by atoms with Crippen LogP contribution in [0.2, 0.25) is 0 Å². The van der Waals surface area contributed by atoms with Crippen LogP contribution in [-0.2, 0) is 4.79 Å². The molecule has 0 fully saturated rings. The molecular formula is C11H9N3O2S2. The maximum absolute atomic E-state index is 10.8. The molecule has 0 bridgehead atoms. The second-order valence-electron chi connectivity index (χ2n) is 3.85. The summed E-state index contributed by atoms with van der Waals surface area (Å²) in [7, 11) is 0. The lowest BCUT2D eigenvalue weighted by molar-refractivity contribution is -0.137. The first-order chi connectivity index (χ1) is 8.63. The van der Waals surface area contributed by atoms with Crippen LogP contribution in [0.4, 0.5) is 5.69 Å². The first kappa shape index (κ1) is 11.5. The van der Waals surface area contributed by atoms with Gasteiger partial charge in [0.25, 0.3) is 0 Å². The number of aromatic nitrogens is 1. The van der Waals surface area contributed by atoms with Crippen molar-refractivity contribution in [3.63, 3.8) is 0 Å². The van der Waals surface area contributed by atoms with Gasteiger partial charge in [0.1, 0.15) is 10.1 Å². The molecule has 1 aromatic carbocycles. The average molecular weight is 279 g/mol. The zero-order valence-electron chi connectivity index (χ0n) is 9.16. The summed E-state index contributed by atoms with van der Waals surface area (Å²) < 4.78 is 0.993. The molecule has 3 rings (SSSR count). The first-order valence-corrected chi connectivity index (χ1v) is 7.03. The largest absolute Gasteiger partial charge is 0.480 e. The van der Waals surface area contributed by atoms with Gasteiger partial charge < -0.3 is 10.8 Å². The van der Waals surface area contributed by atoms with E-state index in [9.17, 15) is 4.79 Å². The fourth-order valence-electron chi connectivity index (χ4n) is 1.65. The molecule has 1 aliphatic rings. The molecule has 1 aromatic heterocycles. The molecule has 1 aliphatic heterocycles. The van der Waals surface area contributed by atoms with Crippen molar-refractivity contribution in [3.8, 4) is 0 Å². The number of benzene rings is 1. The van der Waals surface area contributed by atoms with Crippen molar-refractivity contribution in [1.29, 1.82) is 0 Å². The third-order valence-corrected chi connectivity index (χ3v) is 4.74. The maximum atomic E-state index is 10.8. The van der Waals surface area contributed by atoms with E-state index in [1.165, 1.54) is 23.1 Å². The molecule has 0 radical (unpaired) electrons. The number of nitrogens with zero attached hydrogens (tertiary/aromatic N) is 2. The normalized spacial score (nSPS) is 19.1. The fraction of sp³-hybridized carbons (Fsp3) is 0.182. The smallest absolute Gasteiger partial charge is 0.329 e. The van der Waals surface area contributed by atoms with E-state index in [4.69, 9.17) is 10.8 Å². The van der Waals surface area contributed by atoms with Gasteiger partial charge in [-0.25, -0.2) is 9.78 Å². The second kappa shape index (κ2) is 4.25. The SMILES string of the molecule is Nc1ccc2nc(C3=N[C@@H](C(=O)O)CS3)sc2c1. The Hall–Kier alpha value is -1.60. The standard InChI is InChI=1S/C11H9N3O2S2/c12-5-1-2-6-8(3-5)18-10(13-6)9-14-7(4-17-9)11(15)16/h1-3,7H,4,12H2,(H,15,16)/t7-/m1/s1. The number of fused-ring (bicyclic) bond motifs is 1. The van der Waals surface area contributed by atoms with Gasteiger partial charge >= 0.3 is 5.97 Å². The lowest BCUT2D eigenvalue weighted by atomic mass is 10.3. The van der Waals surface area contributed by atoms with Gasteiger partial charge in [0, 0.05) is 11.4 Å². The number of carboxylic acids is 1. The number of hydrogen-bond acceptors (Lipinski definition) is 6. The van der Waals surface area contributed by atoms with Gasteiger partial charge in [-0.1, -0.05) is 0 Å². The van der Waals surface area contributed by atoms with Crippen LogP contribution in [0.3, 0.4) is 0 Å². The van der Waals surface area contributed by atoms with Crippen LogP contribution >= 0.6 is 23.1 Å². The molecule has 0 saturated carbocycles. The van der Waals surface area contributed by atoms with E-state index in [2.05, 4.69) is 9.98 Å². The number of aliphatic imine (C=N–C) groups is 1. The predicted octanol–water partition coefficient (Wildman–Crippen LogP) is 1.83. The van der Waals surface area contributed by atoms with E-state index in [1.807, 2.05) is 12.1 Å². The molecule has 0 saturated heterocycles. The molecule has 0 amide bonds. The molecule has 2 heterocycles. The molecule has 0 unspecified atom stereocenters. The second-order valence-corrected chi connectivity index (χ2v) is 5.88. The monoisotopic (exact) mass is 279 g/mol. The first-order valence-electron chi connectivity index (χ1n) is 5.23. The zero-order chi connectivity index (χ0) is 12.7. The maximum Gasteiger partial charge on any atom is 0.329 e. The van der Waals surface area contributed by atoms with Gasteiger partial charge in [0.2, 0.25) is 0 Å². The molecule has 92 valence electrons. The number of nitrogen functional groups attached to an aromatic ring is 1. The lowest BCUT2D eigenvalue weighted by Gasteiger charge is -1.93. The molecule has 7 heteroatoms. The van der Waals surface area contributed by atoms with Gasteiger partial charge in [-0.15, -0.1) is 23.1 Å². The van der Waals surface area contributed by atoms with Crippen molar-refractivity contribution in [3.05, 3.63) is 23.2 Å². The number of rotatable bonds is 2. The third-order valence-electron chi connectivity index (χ3n) is 2.53. The van der Waals surface area contributed by atoms with E-state index in [0.717, 1.165) is 15.2 Å². The van der Waals surface area contributed by atoms with E-state index in [-0.39, 0.29) is 0 Å². The number of nitrogens with two attached hydrogens (primary N) is 1. The third kappa shape index (κ3) is 1.95. The highest BCUT2D eigenvalue weighted by Gasteiger charge is 2.26. The molecule has 2 aromatic rings. The fourth-order valence-corrected chi connectivity index (χ4v) is 3.76. The number of thioether (sulfide) groups is 1. The molecule has 0 spiro atoms. The Balaban J connectivity index is 2.00. The average Bonchev–Trinajstić information content (AvgIpc) is 2.93. The number of hydrogen-bond donors (Lipinski definition) is 2. The van der Waals surface area contributed by atoms with Crippen molar-refractivity contribution >= 4 is 50.0 Å². The minimum Gasteiger partial charge on any atom is -0.480 e. The number of aliphatic carboxylic acids is 1. The summed E-state index contributed by atoms with van der Waals surface area (Å²) in [6, 6.07) is 4.88. The minimum absolute atomic E-state index is 0.475. The van der Waals surface area contributed by atoms with Crippen molar-refractivity contribution in [2.75, 3.05) is 11.5 Å². The Morgan fingerprint density at radius 3 is 3.06 bits per heavy atom. The lowest BCUT2D eigenvalue weighted by Crippen LogP contribution is -2.17. The Bertz CT molecular complexity index is 665. The van der Waals surface area contributed by atoms with Crippen LogP contribution in [0.1, 0.15) is 5.01 Å².